The van der Waals surface area contributed by atoms with Crippen LogP contribution < -0.4 is 20.4 Å². The van der Waals surface area contributed by atoms with Crippen LogP contribution in [0.25, 0.3) is 10.9 Å². The number of carbonyl (C=O) groups is 1. The molecule has 7 nitrogen and oxygen atoms in total. The molecule has 3 fully saturated rings. The number of hydrogen-bond acceptors (Lipinski definition) is 5. The van der Waals surface area contributed by atoms with E-state index in [9.17, 15) is 9.59 Å². The van der Waals surface area contributed by atoms with Gasteiger partial charge in [0.05, 0.1) is 22.8 Å². The number of rotatable bonds is 3. The van der Waals surface area contributed by atoms with Gasteiger partial charge in [0.15, 0.2) is 5.75 Å². The first-order valence-electron chi connectivity index (χ1n) is 9.79. The Morgan fingerprint density at radius 3 is 2.72 bits per heavy atom. The molecule has 3 heterocycles. The van der Waals surface area contributed by atoms with E-state index in [1.165, 1.54) is 12.3 Å². The highest BCUT2D eigenvalue weighted by Crippen LogP contribution is 2.39. The maximum Gasteiger partial charge on any atom is 0.511 e. The fourth-order valence-corrected chi connectivity index (χ4v) is 4.64. The lowest BCUT2D eigenvalue weighted by Gasteiger charge is -2.24. The minimum atomic E-state index is -1.55. The van der Waals surface area contributed by atoms with Crippen LogP contribution in [-0.4, -0.2) is 41.5 Å². The lowest BCUT2D eigenvalue weighted by molar-refractivity contribution is 0.143. The lowest BCUT2D eigenvalue weighted by Crippen LogP contribution is -2.40. The SMILES string of the molecule is Cl.O=C(O)Oc1cn(C2CC2)c2cc(N3C[C@@H]4CCCN[C@@H]4C3)c(F)cc2c1=O. The molecule has 2 saturated heterocycles. The van der Waals surface area contributed by atoms with Gasteiger partial charge in [-0.15, -0.1) is 12.4 Å². The predicted molar refractivity (Wildman–Crippen MR) is 109 cm³/mol. The van der Waals surface area contributed by atoms with Crippen LogP contribution in [0.4, 0.5) is 14.9 Å². The summed E-state index contributed by atoms with van der Waals surface area (Å²) in [4.78, 5) is 25.6. The number of piperidine rings is 1. The van der Waals surface area contributed by atoms with Crippen LogP contribution in [0.2, 0.25) is 0 Å². The van der Waals surface area contributed by atoms with E-state index in [4.69, 9.17) is 5.11 Å². The summed E-state index contributed by atoms with van der Waals surface area (Å²) >= 11 is 0. The molecule has 0 bridgehead atoms. The third-order valence-electron chi connectivity index (χ3n) is 6.15. The van der Waals surface area contributed by atoms with Crippen molar-refractivity contribution in [3.05, 3.63) is 34.4 Å². The number of carboxylic acid groups (broad SMARTS) is 1. The molecular weight excluding hydrogens is 401 g/mol. The van der Waals surface area contributed by atoms with E-state index in [2.05, 4.69) is 15.0 Å². The van der Waals surface area contributed by atoms with Crippen LogP contribution in [0.15, 0.2) is 23.1 Å². The topological polar surface area (TPSA) is 83.8 Å². The van der Waals surface area contributed by atoms with Crippen molar-refractivity contribution in [3.63, 3.8) is 0 Å². The van der Waals surface area contributed by atoms with Crippen molar-refractivity contribution >= 4 is 35.2 Å². The van der Waals surface area contributed by atoms with Gasteiger partial charge in [0, 0.05) is 25.2 Å². The second kappa shape index (κ2) is 7.50. The van der Waals surface area contributed by atoms with E-state index in [1.54, 1.807) is 6.07 Å². The van der Waals surface area contributed by atoms with Crippen molar-refractivity contribution in [2.75, 3.05) is 24.5 Å². The summed E-state index contributed by atoms with van der Waals surface area (Å²) in [6, 6.07) is 3.53. The first-order chi connectivity index (χ1) is 13.5. The summed E-state index contributed by atoms with van der Waals surface area (Å²) in [5.74, 6) is -0.227. The molecule has 1 aromatic heterocycles. The van der Waals surface area contributed by atoms with Crippen molar-refractivity contribution in [1.29, 1.82) is 0 Å². The van der Waals surface area contributed by atoms with Gasteiger partial charge in [0.25, 0.3) is 0 Å². The number of ether oxygens (including phenoxy) is 1. The fourth-order valence-electron chi connectivity index (χ4n) is 4.64. The number of benzene rings is 1. The highest BCUT2D eigenvalue weighted by molar-refractivity contribution is 5.85. The van der Waals surface area contributed by atoms with Gasteiger partial charge in [-0.2, -0.15) is 0 Å². The zero-order valence-corrected chi connectivity index (χ0v) is 16.6. The number of hydrogen-bond donors (Lipinski definition) is 2. The van der Waals surface area contributed by atoms with E-state index in [0.29, 0.717) is 23.2 Å². The minimum absolute atomic E-state index is 0. The second-order valence-corrected chi connectivity index (χ2v) is 8.02. The Morgan fingerprint density at radius 1 is 1.24 bits per heavy atom. The molecule has 2 atom stereocenters. The van der Waals surface area contributed by atoms with E-state index >= 15 is 4.39 Å². The van der Waals surface area contributed by atoms with Gasteiger partial charge in [-0.25, -0.2) is 9.18 Å². The normalized spacial score (nSPS) is 23.6. The largest absolute Gasteiger partial charge is 0.511 e. The molecule has 0 unspecified atom stereocenters. The lowest BCUT2D eigenvalue weighted by atomic mass is 9.94. The first kappa shape index (κ1) is 20.0. The number of pyridine rings is 1. The van der Waals surface area contributed by atoms with Gasteiger partial charge >= 0.3 is 6.16 Å². The molecule has 0 radical (unpaired) electrons. The monoisotopic (exact) mass is 423 g/mol. The van der Waals surface area contributed by atoms with Crippen LogP contribution in [0.5, 0.6) is 5.75 Å². The third kappa shape index (κ3) is 3.55. The minimum Gasteiger partial charge on any atom is -0.449 e. The van der Waals surface area contributed by atoms with Crippen LogP contribution in [0, 0.1) is 11.7 Å². The molecule has 2 aromatic rings. The average Bonchev–Trinajstić information content (AvgIpc) is 3.41. The van der Waals surface area contributed by atoms with E-state index in [1.807, 2.05) is 4.57 Å². The van der Waals surface area contributed by atoms with Gasteiger partial charge in [-0.1, -0.05) is 0 Å². The van der Waals surface area contributed by atoms with Crippen molar-refractivity contribution in [2.24, 2.45) is 5.92 Å². The zero-order chi connectivity index (χ0) is 19.4. The van der Waals surface area contributed by atoms with Crippen LogP contribution in [-0.2, 0) is 0 Å². The van der Waals surface area contributed by atoms with E-state index in [0.717, 1.165) is 45.3 Å². The Labute approximate surface area is 172 Å². The van der Waals surface area contributed by atoms with Crippen molar-refractivity contribution in [3.8, 4) is 5.75 Å². The Balaban J connectivity index is 0.00000205. The standard InChI is InChI=1S/C20H22FN3O4.ClH/c21-14-6-13-16(7-17(14)23-8-11-2-1-5-22-15(11)9-23)24(12-3-4-12)10-18(19(13)25)28-20(26)27;/h6-7,10-12,15,22H,1-5,8-9H2,(H,26,27);1H/t11-,15+;/m0./s1. The van der Waals surface area contributed by atoms with Gasteiger partial charge in [-0.3, -0.25) is 4.79 Å². The van der Waals surface area contributed by atoms with Gasteiger partial charge < -0.3 is 24.6 Å². The van der Waals surface area contributed by atoms with Crippen molar-refractivity contribution in [2.45, 2.75) is 37.8 Å². The Morgan fingerprint density at radius 2 is 2.03 bits per heavy atom. The molecule has 3 aliphatic rings. The molecule has 0 amide bonds. The molecular formula is C20H23ClFN3O4. The second-order valence-electron chi connectivity index (χ2n) is 8.02. The number of nitrogens with zero attached hydrogens (tertiary/aromatic N) is 2. The number of halogens is 2. The molecule has 9 heteroatoms. The summed E-state index contributed by atoms with van der Waals surface area (Å²) in [7, 11) is 0. The Hall–Kier alpha value is -2.32. The molecule has 2 aliphatic heterocycles. The predicted octanol–water partition coefficient (Wildman–Crippen LogP) is 3.14. The van der Waals surface area contributed by atoms with Gasteiger partial charge in [-0.05, 0) is 50.3 Å². The molecule has 1 aromatic carbocycles. The number of nitrogens with one attached hydrogen (secondary N) is 1. The molecule has 1 saturated carbocycles. The summed E-state index contributed by atoms with van der Waals surface area (Å²) in [5.41, 5.74) is 0.533. The van der Waals surface area contributed by atoms with Crippen molar-refractivity contribution < 1.29 is 19.0 Å². The zero-order valence-electron chi connectivity index (χ0n) is 15.8. The number of aromatic nitrogens is 1. The molecule has 5 rings (SSSR count). The third-order valence-corrected chi connectivity index (χ3v) is 6.15. The summed E-state index contributed by atoms with van der Waals surface area (Å²) in [6.07, 6.45) is 4.06. The van der Waals surface area contributed by atoms with Crippen LogP contribution in [0.1, 0.15) is 31.7 Å². The van der Waals surface area contributed by atoms with Crippen molar-refractivity contribution in [1.82, 2.24) is 9.88 Å². The molecule has 0 spiro atoms. The van der Waals surface area contributed by atoms with Crippen LogP contribution in [0.3, 0.4) is 0 Å². The quantitative estimate of drug-likeness (QED) is 0.738. The maximum absolute atomic E-state index is 15.0. The number of fused-ring (bicyclic) bond motifs is 2. The smallest absolute Gasteiger partial charge is 0.449 e. The fraction of sp³-hybridized carbons (Fsp3) is 0.500. The van der Waals surface area contributed by atoms with E-state index < -0.39 is 17.4 Å². The molecule has 156 valence electrons. The number of anilines is 1. The molecule has 1 aliphatic carbocycles. The van der Waals surface area contributed by atoms with Gasteiger partial charge in [0.2, 0.25) is 5.43 Å². The van der Waals surface area contributed by atoms with E-state index in [-0.39, 0.29) is 29.6 Å². The highest BCUT2D eigenvalue weighted by Gasteiger charge is 2.36. The summed E-state index contributed by atoms with van der Waals surface area (Å²) in [5, 5.41) is 12.6. The Bertz CT molecular complexity index is 1010. The Kier molecular flexibility index (Phi) is 5.16. The average molecular weight is 424 g/mol. The molecule has 2 N–H and O–H groups in total. The molecule has 29 heavy (non-hydrogen) atoms. The first-order valence-corrected chi connectivity index (χ1v) is 9.79. The van der Waals surface area contributed by atoms with Crippen LogP contribution >= 0.6 is 12.4 Å². The maximum atomic E-state index is 15.0. The summed E-state index contributed by atoms with van der Waals surface area (Å²) < 4.78 is 21.5. The highest BCUT2D eigenvalue weighted by atomic mass is 35.5. The summed E-state index contributed by atoms with van der Waals surface area (Å²) in [6.45, 7) is 2.55. The van der Waals surface area contributed by atoms with Gasteiger partial charge in [0.1, 0.15) is 5.82 Å².